The molecule has 2 amide bonds. The third kappa shape index (κ3) is 6.72. The Balaban J connectivity index is 1.93. The van der Waals surface area contributed by atoms with Crippen molar-refractivity contribution in [3.05, 3.63) is 23.4 Å². The van der Waals surface area contributed by atoms with Crippen LogP contribution in [0.5, 0.6) is 5.88 Å². The van der Waals surface area contributed by atoms with Crippen molar-refractivity contribution in [3.8, 4) is 17.7 Å². The van der Waals surface area contributed by atoms with E-state index in [-0.39, 0.29) is 42.3 Å². The van der Waals surface area contributed by atoms with Gasteiger partial charge in [0.25, 0.3) is 5.91 Å². The van der Waals surface area contributed by atoms with Crippen LogP contribution in [0.15, 0.2) is 12.3 Å². The minimum absolute atomic E-state index is 0.0341. The average molecular weight is 487 g/mol. The number of hydrogen-bond donors (Lipinski definition) is 2. The maximum Gasteiger partial charge on any atom is 0.259 e. The van der Waals surface area contributed by atoms with Crippen molar-refractivity contribution in [1.29, 1.82) is 0 Å². The number of nitrogens with zero attached hydrogens (tertiary/aromatic N) is 4. The number of aromatic nitrogens is 1. The number of amides is 2. The molecule has 35 heavy (non-hydrogen) atoms. The number of likely N-dealkylation sites (N-methyl/N-ethyl adjacent to an activating group) is 2. The van der Waals surface area contributed by atoms with E-state index in [1.807, 2.05) is 25.9 Å². The first kappa shape index (κ1) is 26.9. The first-order chi connectivity index (χ1) is 16.5. The van der Waals surface area contributed by atoms with Gasteiger partial charge in [-0.3, -0.25) is 9.59 Å². The SMILES string of the molecule is C[C@@H]1CN([C@H](C)CO)C(=O)c2cc(C#CC3(O)CCCC3)cnc2O[C@H]1CN(C)C(=O)CN(C)C. The number of rotatable bonds is 6. The first-order valence-electron chi connectivity index (χ1n) is 12.3. The van der Waals surface area contributed by atoms with E-state index in [9.17, 15) is 19.8 Å². The molecule has 2 aliphatic rings. The molecular formula is C26H38N4O5. The standard InChI is InChI=1S/C26H38N4O5/c1-18-14-30(19(2)17-31)25(33)21-12-20(8-11-26(34)9-6-7-10-26)13-27-24(21)35-22(18)15-29(5)23(32)16-28(3)4/h12-13,18-19,22,31,34H,6-7,9-10,14-17H2,1-5H3/t18-,19-,22+/m1/s1. The summed E-state index contributed by atoms with van der Waals surface area (Å²) in [5.41, 5.74) is -0.220. The highest BCUT2D eigenvalue weighted by molar-refractivity contribution is 5.97. The predicted octanol–water partition coefficient (Wildman–Crippen LogP) is 0.978. The lowest BCUT2D eigenvalue weighted by atomic mass is 9.99. The minimum Gasteiger partial charge on any atom is -0.472 e. The maximum absolute atomic E-state index is 13.5. The lowest BCUT2D eigenvalue weighted by molar-refractivity contribution is -0.132. The predicted molar refractivity (Wildman–Crippen MR) is 132 cm³/mol. The van der Waals surface area contributed by atoms with E-state index in [4.69, 9.17) is 4.74 Å². The van der Waals surface area contributed by atoms with Crippen LogP contribution in [0.1, 0.15) is 55.5 Å². The van der Waals surface area contributed by atoms with E-state index in [0.29, 0.717) is 31.5 Å². The second-order valence-electron chi connectivity index (χ2n) is 10.2. The smallest absolute Gasteiger partial charge is 0.259 e. The van der Waals surface area contributed by atoms with Gasteiger partial charge in [-0.05, 0) is 52.8 Å². The Morgan fingerprint density at radius 1 is 1.34 bits per heavy atom. The summed E-state index contributed by atoms with van der Waals surface area (Å²) >= 11 is 0. The fourth-order valence-electron chi connectivity index (χ4n) is 4.42. The van der Waals surface area contributed by atoms with E-state index in [0.717, 1.165) is 12.8 Å². The molecule has 0 spiro atoms. The number of hydrogen-bond acceptors (Lipinski definition) is 7. The highest BCUT2D eigenvalue weighted by atomic mass is 16.5. The number of ether oxygens (including phenoxy) is 1. The fourth-order valence-corrected chi connectivity index (χ4v) is 4.42. The van der Waals surface area contributed by atoms with Crippen LogP contribution < -0.4 is 4.74 Å². The van der Waals surface area contributed by atoms with Gasteiger partial charge in [-0.25, -0.2) is 4.98 Å². The van der Waals surface area contributed by atoms with Gasteiger partial charge < -0.3 is 29.6 Å². The molecular weight excluding hydrogens is 448 g/mol. The fraction of sp³-hybridized carbons (Fsp3) is 0.654. The van der Waals surface area contributed by atoms with Crippen molar-refractivity contribution >= 4 is 11.8 Å². The zero-order valence-electron chi connectivity index (χ0n) is 21.5. The number of carbonyl (C=O) groups is 2. The quantitative estimate of drug-likeness (QED) is 0.578. The van der Waals surface area contributed by atoms with Crippen molar-refractivity contribution in [2.75, 3.05) is 47.4 Å². The van der Waals surface area contributed by atoms with Crippen LogP contribution in [0.4, 0.5) is 0 Å². The monoisotopic (exact) mass is 486 g/mol. The van der Waals surface area contributed by atoms with E-state index in [1.165, 1.54) is 0 Å². The molecule has 0 bridgehead atoms. The Morgan fingerprint density at radius 3 is 2.66 bits per heavy atom. The molecule has 1 aliphatic carbocycles. The van der Waals surface area contributed by atoms with Crippen molar-refractivity contribution < 1.29 is 24.5 Å². The number of pyridine rings is 1. The summed E-state index contributed by atoms with van der Waals surface area (Å²) in [5.74, 6) is 5.67. The second kappa shape index (κ2) is 11.4. The molecule has 1 saturated carbocycles. The summed E-state index contributed by atoms with van der Waals surface area (Å²) < 4.78 is 6.23. The van der Waals surface area contributed by atoms with Crippen LogP contribution in [0.3, 0.4) is 0 Å². The number of carbonyl (C=O) groups excluding carboxylic acids is 2. The highest BCUT2D eigenvalue weighted by Gasteiger charge is 2.35. The third-order valence-electron chi connectivity index (χ3n) is 6.72. The van der Waals surface area contributed by atoms with Gasteiger partial charge >= 0.3 is 0 Å². The largest absolute Gasteiger partial charge is 0.472 e. The zero-order valence-corrected chi connectivity index (χ0v) is 21.5. The van der Waals surface area contributed by atoms with Crippen LogP contribution in [0, 0.1) is 17.8 Å². The molecule has 1 fully saturated rings. The Kier molecular flexibility index (Phi) is 8.75. The van der Waals surface area contributed by atoms with Crippen molar-refractivity contribution in [2.24, 2.45) is 5.92 Å². The number of aliphatic hydroxyl groups excluding tert-OH is 1. The zero-order chi connectivity index (χ0) is 25.8. The third-order valence-corrected chi connectivity index (χ3v) is 6.72. The van der Waals surface area contributed by atoms with Crippen molar-refractivity contribution in [2.45, 2.75) is 57.3 Å². The second-order valence-corrected chi connectivity index (χ2v) is 10.2. The highest BCUT2D eigenvalue weighted by Crippen LogP contribution is 2.30. The van der Waals surface area contributed by atoms with Crippen LogP contribution in [-0.4, -0.2) is 107 Å². The maximum atomic E-state index is 13.5. The van der Waals surface area contributed by atoms with Crippen molar-refractivity contribution in [1.82, 2.24) is 19.7 Å². The molecule has 0 radical (unpaired) electrons. The molecule has 3 rings (SSSR count). The topological polar surface area (TPSA) is 106 Å². The van der Waals surface area contributed by atoms with E-state index < -0.39 is 17.7 Å². The summed E-state index contributed by atoms with van der Waals surface area (Å²) in [6, 6.07) is 1.24. The van der Waals surface area contributed by atoms with Gasteiger partial charge in [0.2, 0.25) is 11.8 Å². The van der Waals surface area contributed by atoms with Crippen LogP contribution in [-0.2, 0) is 4.79 Å². The van der Waals surface area contributed by atoms with Crippen LogP contribution >= 0.6 is 0 Å². The van der Waals surface area contributed by atoms with Gasteiger partial charge in [0.15, 0.2) is 0 Å². The molecule has 1 aromatic rings. The van der Waals surface area contributed by atoms with Gasteiger partial charge in [0, 0.05) is 31.3 Å². The first-order valence-corrected chi connectivity index (χ1v) is 12.3. The molecule has 2 heterocycles. The molecule has 2 N–H and O–H groups in total. The number of fused-ring (bicyclic) bond motifs is 1. The average Bonchev–Trinajstić information content (AvgIpc) is 3.25. The normalized spacial score (nSPS) is 22.4. The van der Waals surface area contributed by atoms with Gasteiger partial charge in [-0.2, -0.15) is 0 Å². The summed E-state index contributed by atoms with van der Waals surface area (Å²) in [6.07, 6.45) is 4.30. The van der Waals surface area contributed by atoms with Gasteiger partial charge in [-0.1, -0.05) is 18.8 Å². The van der Waals surface area contributed by atoms with Crippen LogP contribution in [0.25, 0.3) is 0 Å². The lowest BCUT2D eigenvalue weighted by Gasteiger charge is -2.37. The van der Waals surface area contributed by atoms with Crippen molar-refractivity contribution in [3.63, 3.8) is 0 Å². The van der Waals surface area contributed by atoms with E-state index >= 15 is 0 Å². The van der Waals surface area contributed by atoms with Crippen LogP contribution in [0.2, 0.25) is 0 Å². The van der Waals surface area contributed by atoms with Gasteiger partial charge in [0.1, 0.15) is 17.3 Å². The molecule has 0 saturated heterocycles. The summed E-state index contributed by atoms with van der Waals surface area (Å²) in [5, 5.41) is 20.4. The molecule has 1 aromatic heterocycles. The summed E-state index contributed by atoms with van der Waals surface area (Å²) in [4.78, 5) is 35.5. The molecule has 9 heteroatoms. The van der Waals surface area contributed by atoms with Gasteiger partial charge in [-0.15, -0.1) is 0 Å². The molecule has 9 nitrogen and oxygen atoms in total. The molecule has 3 atom stereocenters. The summed E-state index contributed by atoms with van der Waals surface area (Å²) in [6.45, 7) is 4.55. The van der Waals surface area contributed by atoms with Gasteiger partial charge in [0.05, 0.1) is 25.7 Å². The Bertz CT molecular complexity index is 980. The minimum atomic E-state index is -0.994. The summed E-state index contributed by atoms with van der Waals surface area (Å²) in [7, 11) is 5.42. The number of aliphatic hydroxyl groups is 2. The molecule has 0 aromatic carbocycles. The molecule has 0 unspecified atom stereocenters. The Morgan fingerprint density at radius 2 is 2.03 bits per heavy atom. The van der Waals surface area contributed by atoms with E-state index in [2.05, 4.69) is 16.8 Å². The Labute approximate surface area is 208 Å². The molecule has 192 valence electrons. The lowest BCUT2D eigenvalue weighted by Crippen LogP contribution is -2.51. The molecule has 1 aliphatic heterocycles. The Hall–Kier alpha value is -2.67. The van der Waals surface area contributed by atoms with E-state index in [1.54, 1.807) is 36.0 Å².